The van der Waals surface area contributed by atoms with Crippen LogP contribution in [-0.2, 0) is 16.5 Å². The molecule has 1 aromatic heterocycles. The van der Waals surface area contributed by atoms with Gasteiger partial charge in [0.05, 0.1) is 34.7 Å². The van der Waals surface area contributed by atoms with Gasteiger partial charge in [-0.15, -0.1) is 10.2 Å². The van der Waals surface area contributed by atoms with Gasteiger partial charge in [0.2, 0.25) is 5.82 Å². The van der Waals surface area contributed by atoms with E-state index in [0.717, 1.165) is 31.9 Å². The molecule has 0 aliphatic carbocycles. The molecule has 0 bridgehead atoms. The number of rotatable bonds is 9. The van der Waals surface area contributed by atoms with Crippen LogP contribution in [0.25, 0.3) is 5.57 Å². The Hall–Kier alpha value is -4.22. The van der Waals surface area contributed by atoms with Gasteiger partial charge in [-0.2, -0.15) is 4.80 Å². The maximum Gasteiger partial charge on any atom is 0.513 e. The lowest BCUT2D eigenvalue weighted by Crippen LogP contribution is -2.48. The Balaban J connectivity index is 1.10. The number of nitrogens with zero attached hydrogens (tertiary/aromatic N) is 6. The number of halogens is 2. The minimum Gasteiger partial charge on any atom is -0.433 e. The molecule has 244 valence electrons. The number of dihydropyridines is 1. The normalized spacial score (nSPS) is 17.6. The van der Waals surface area contributed by atoms with Crippen molar-refractivity contribution in [3.05, 3.63) is 129 Å². The molecule has 0 saturated carbocycles. The highest BCUT2D eigenvalue weighted by atomic mass is 35.5. The van der Waals surface area contributed by atoms with E-state index in [-0.39, 0.29) is 12.6 Å². The van der Waals surface area contributed by atoms with E-state index in [1.807, 2.05) is 19.9 Å². The molecule has 4 aromatic rings. The highest BCUT2D eigenvalue weighted by Gasteiger charge is 2.37. The van der Waals surface area contributed by atoms with Crippen LogP contribution in [0.1, 0.15) is 48.3 Å². The molecule has 1 saturated heterocycles. The largest absolute Gasteiger partial charge is 0.513 e. The van der Waals surface area contributed by atoms with Crippen LogP contribution < -0.4 is 5.32 Å². The van der Waals surface area contributed by atoms with E-state index in [4.69, 9.17) is 32.7 Å². The van der Waals surface area contributed by atoms with E-state index in [9.17, 15) is 4.79 Å². The Bertz CT molecular complexity index is 1730. The summed E-state index contributed by atoms with van der Waals surface area (Å²) in [6.07, 6.45) is -0.804. The Morgan fingerprint density at radius 2 is 1.57 bits per heavy atom. The number of nitrogens with one attached hydrogen (secondary N) is 1. The number of ether oxygens (including phenoxy) is 2. The Labute approximate surface area is 284 Å². The molecule has 1 fully saturated rings. The van der Waals surface area contributed by atoms with Crippen LogP contribution in [0.5, 0.6) is 0 Å². The van der Waals surface area contributed by atoms with E-state index >= 15 is 0 Å². The first-order valence-corrected chi connectivity index (χ1v) is 16.3. The summed E-state index contributed by atoms with van der Waals surface area (Å²) in [5.74, 6) is 0.0737. The highest BCUT2D eigenvalue weighted by molar-refractivity contribution is 6.42. The molecule has 1 unspecified atom stereocenters. The molecule has 47 heavy (non-hydrogen) atoms. The van der Waals surface area contributed by atoms with E-state index in [0.29, 0.717) is 45.0 Å². The number of tetrazole rings is 1. The van der Waals surface area contributed by atoms with Crippen molar-refractivity contribution in [1.29, 1.82) is 0 Å². The number of aryl methyl sites for hydroxylation is 1. The van der Waals surface area contributed by atoms with Crippen molar-refractivity contribution in [2.75, 3.05) is 39.3 Å². The predicted octanol–water partition coefficient (Wildman–Crippen LogP) is 6.43. The van der Waals surface area contributed by atoms with Crippen LogP contribution >= 0.6 is 23.2 Å². The van der Waals surface area contributed by atoms with Crippen molar-refractivity contribution in [3.63, 3.8) is 0 Å². The van der Waals surface area contributed by atoms with E-state index in [2.05, 4.69) is 91.2 Å². The fourth-order valence-electron chi connectivity index (χ4n) is 6.35. The monoisotopic (exact) mass is 673 g/mol. The average Bonchev–Trinajstić information content (AvgIpc) is 3.51. The molecular weight excluding hydrogens is 637 g/mol. The van der Waals surface area contributed by atoms with Crippen LogP contribution in [0.2, 0.25) is 10.0 Å². The van der Waals surface area contributed by atoms with Crippen molar-refractivity contribution in [3.8, 4) is 0 Å². The smallest absolute Gasteiger partial charge is 0.433 e. The summed E-state index contributed by atoms with van der Waals surface area (Å²) < 4.78 is 11.5. The van der Waals surface area contributed by atoms with Crippen LogP contribution in [0.3, 0.4) is 0 Å². The third-order valence-electron chi connectivity index (χ3n) is 8.56. The van der Waals surface area contributed by atoms with Gasteiger partial charge in [0, 0.05) is 44.0 Å². The third-order valence-corrected chi connectivity index (χ3v) is 9.40. The molecule has 10 nitrogen and oxygen atoms in total. The van der Waals surface area contributed by atoms with Gasteiger partial charge in [0.25, 0.3) is 0 Å². The van der Waals surface area contributed by atoms with Gasteiger partial charge in [0.15, 0.2) is 0 Å². The number of carbonyl (C=O) groups is 1. The van der Waals surface area contributed by atoms with Crippen molar-refractivity contribution < 1.29 is 14.3 Å². The lowest BCUT2D eigenvalue weighted by Gasteiger charge is -2.39. The summed E-state index contributed by atoms with van der Waals surface area (Å²) in [5.41, 5.74) is 5.28. The first kappa shape index (κ1) is 32.7. The second kappa shape index (κ2) is 14.7. The SMILES string of the molecule is CC1=C(OC(=O)OCCN2CCN(C(c3ccccc3)c3ccccc3)CC2)C(c2cccc(Cl)c2Cl)C(c2nnn(C)n2)=C(C)N1. The fourth-order valence-corrected chi connectivity index (χ4v) is 6.76. The molecule has 2 aliphatic heterocycles. The molecule has 1 N–H and O–H groups in total. The van der Waals surface area contributed by atoms with E-state index < -0.39 is 12.1 Å². The molecule has 0 spiro atoms. The zero-order valence-electron chi connectivity index (χ0n) is 26.6. The summed E-state index contributed by atoms with van der Waals surface area (Å²) in [6, 6.07) is 26.8. The van der Waals surface area contributed by atoms with Crippen LogP contribution in [-0.4, -0.2) is 75.5 Å². The molecule has 2 aliphatic rings. The van der Waals surface area contributed by atoms with Gasteiger partial charge in [0.1, 0.15) is 12.4 Å². The molecule has 6 rings (SSSR count). The van der Waals surface area contributed by atoms with Gasteiger partial charge >= 0.3 is 6.16 Å². The fraction of sp³-hybridized carbons (Fsp3) is 0.314. The summed E-state index contributed by atoms with van der Waals surface area (Å²) in [6.45, 7) is 8.02. The van der Waals surface area contributed by atoms with Gasteiger partial charge in [-0.1, -0.05) is 96.0 Å². The minimum atomic E-state index is -0.804. The van der Waals surface area contributed by atoms with Crippen molar-refractivity contribution in [1.82, 2.24) is 35.3 Å². The highest BCUT2D eigenvalue weighted by Crippen LogP contribution is 2.46. The number of piperazine rings is 1. The first-order valence-electron chi connectivity index (χ1n) is 15.6. The minimum absolute atomic E-state index is 0.187. The van der Waals surface area contributed by atoms with Gasteiger partial charge in [-0.05, 0) is 41.8 Å². The number of benzene rings is 3. The zero-order chi connectivity index (χ0) is 32.9. The maximum absolute atomic E-state index is 13.2. The molecule has 12 heteroatoms. The predicted molar refractivity (Wildman–Crippen MR) is 182 cm³/mol. The lowest BCUT2D eigenvalue weighted by molar-refractivity contribution is 0.0519. The van der Waals surface area contributed by atoms with E-state index in [1.165, 1.54) is 15.9 Å². The van der Waals surface area contributed by atoms with Gasteiger partial charge in [-0.25, -0.2) is 4.79 Å². The maximum atomic E-state index is 13.2. The molecule has 0 radical (unpaired) electrons. The standard InChI is InChI=1S/C35H37Cl2N7O3/c1-23-29(34-39-41-42(3)40-34)30(27-15-10-16-28(36)31(27)37)33(24(2)38-23)47-35(45)46-22-21-43-17-19-44(20-18-43)32(25-11-6-4-7-12-25)26-13-8-5-9-14-26/h4-16,30,32,38H,17-22H2,1-3H3. The first-order chi connectivity index (χ1) is 22.8. The zero-order valence-corrected chi connectivity index (χ0v) is 28.1. The Kier molecular flexibility index (Phi) is 10.2. The quantitative estimate of drug-likeness (QED) is 0.202. The van der Waals surface area contributed by atoms with Crippen molar-refractivity contribution in [2.45, 2.75) is 25.8 Å². The van der Waals surface area contributed by atoms with Crippen LogP contribution in [0, 0.1) is 0 Å². The lowest BCUT2D eigenvalue weighted by atomic mass is 9.84. The number of hydrogen-bond donors (Lipinski definition) is 1. The third kappa shape index (κ3) is 7.36. The van der Waals surface area contributed by atoms with Gasteiger partial charge in [-0.3, -0.25) is 9.80 Å². The summed E-state index contributed by atoms with van der Waals surface area (Å²) in [7, 11) is 1.69. The topological polar surface area (TPSA) is 97.6 Å². The Morgan fingerprint density at radius 1 is 0.915 bits per heavy atom. The summed E-state index contributed by atoms with van der Waals surface area (Å²) >= 11 is 13.1. The molecule has 1 atom stereocenters. The number of allylic oxidation sites excluding steroid dienone is 3. The summed E-state index contributed by atoms with van der Waals surface area (Å²) in [4.78, 5) is 19.3. The number of aromatic nitrogens is 4. The Morgan fingerprint density at radius 3 is 2.19 bits per heavy atom. The molecule has 0 amide bonds. The molecular formula is C35H37Cl2N7O3. The van der Waals surface area contributed by atoms with Crippen LogP contribution in [0.4, 0.5) is 4.79 Å². The average molecular weight is 675 g/mol. The van der Waals surface area contributed by atoms with Crippen molar-refractivity contribution >= 4 is 34.9 Å². The number of carbonyl (C=O) groups excluding carboxylic acids is 1. The second-order valence-corrected chi connectivity index (χ2v) is 12.4. The molecule has 3 aromatic carbocycles. The van der Waals surface area contributed by atoms with Crippen LogP contribution in [0.15, 0.2) is 96.0 Å². The molecule has 3 heterocycles. The summed E-state index contributed by atoms with van der Waals surface area (Å²) in [5, 5.41) is 16.7. The van der Waals surface area contributed by atoms with E-state index in [1.54, 1.807) is 19.2 Å². The van der Waals surface area contributed by atoms with Crippen molar-refractivity contribution in [2.24, 2.45) is 7.05 Å². The number of hydrogen-bond acceptors (Lipinski definition) is 9. The second-order valence-electron chi connectivity index (χ2n) is 11.6. The van der Waals surface area contributed by atoms with Gasteiger partial charge < -0.3 is 14.8 Å².